The number of fused-ring (bicyclic) bond motifs is 1. The molecule has 1 amide bonds. The number of hydrogen-bond donors (Lipinski definition) is 1. The summed E-state index contributed by atoms with van der Waals surface area (Å²) in [7, 11) is 0. The van der Waals surface area contributed by atoms with Crippen LogP contribution in [0.3, 0.4) is 0 Å². The maximum Gasteiger partial charge on any atom is 0.255 e. The number of thioether (sulfide) groups is 1. The van der Waals surface area contributed by atoms with Crippen LogP contribution in [0.4, 0.5) is 14.5 Å². The van der Waals surface area contributed by atoms with E-state index in [2.05, 4.69) is 15.3 Å². The number of amides is 1. The van der Waals surface area contributed by atoms with Gasteiger partial charge in [0, 0.05) is 35.8 Å². The van der Waals surface area contributed by atoms with Crippen LogP contribution >= 0.6 is 11.8 Å². The van der Waals surface area contributed by atoms with Crippen molar-refractivity contribution in [2.45, 2.75) is 31.3 Å². The van der Waals surface area contributed by atoms with Crippen LogP contribution in [0.25, 0.3) is 5.52 Å². The molecule has 2 fully saturated rings. The van der Waals surface area contributed by atoms with Crippen LogP contribution in [0.1, 0.15) is 41.2 Å². The van der Waals surface area contributed by atoms with Crippen molar-refractivity contribution in [1.29, 1.82) is 0 Å². The summed E-state index contributed by atoms with van der Waals surface area (Å²) in [6.07, 6.45) is 6.01. The normalized spacial score (nSPS) is 21.5. The molecular weight excluding hydrogens is 406 g/mol. The zero-order chi connectivity index (χ0) is 20.7. The van der Waals surface area contributed by atoms with Crippen LogP contribution in [0.2, 0.25) is 0 Å². The monoisotopic (exact) mass is 428 g/mol. The van der Waals surface area contributed by atoms with Gasteiger partial charge in [-0.15, -0.1) is 0 Å². The van der Waals surface area contributed by atoms with Gasteiger partial charge < -0.3 is 10.2 Å². The molecule has 1 N–H and O–H groups in total. The van der Waals surface area contributed by atoms with Gasteiger partial charge in [0.1, 0.15) is 11.6 Å². The molecule has 5 nitrogen and oxygen atoms in total. The SMILES string of the molecule is O=C(NC1CCSC1)c1cnn2ccc(N3CCCC3c3cc(F)ccc3F)cc12. The van der Waals surface area contributed by atoms with E-state index in [1.807, 2.05) is 30.1 Å². The molecule has 156 valence electrons. The topological polar surface area (TPSA) is 49.6 Å². The predicted octanol–water partition coefficient (Wildman–Crippen LogP) is 4.19. The van der Waals surface area contributed by atoms with Crippen molar-refractivity contribution < 1.29 is 13.6 Å². The lowest BCUT2D eigenvalue weighted by atomic mass is 10.0. The van der Waals surface area contributed by atoms with Gasteiger partial charge in [0.2, 0.25) is 0 Å². The Morgan fingerprint density at radius 2 is 2.10 bits per heavy atom. The lowest BCUT2D eigenvalue weighted by Gasteiger charge is -2.27. The van der Waals surface area contributed by atoms with Gasteiger partial charge in [-0.3, -0.25) is 4.79 Å². The number of benzene rings is 1. The van der Waals surface area contributed by atoms with E-state index in [1.54, 1.807) is 10.7 Å². The molecule has 2 atom stereocenters. The molecule has 2 aliphatic rings. The number of halogens is 2. The number of pyridine rings is 1. The molecule has 8 heteroatoms. The Bertz CT molecular complexity index is 1100. The first-order chi connectivity index (χ1) is 14.6. The van der Waals surface area contributed by atoms with Gasteiger partial charge in [0.05, 0.1) is 23.3 Å². The first kappa shape index (κ1) is 19.4. The Balaban J connectivity index is 1.46. The summed E-state index contributed by atoms with van der Waals surface area (Å²) in [5.74, 6) is 1.05. The fourth-order valence-corrected chi connectivity index (χ4v) is 5.56. The van der Waals surface area contributed by atoms with E-state index >= 15 is 0 Å². The number of carbonyl (C=O) groups is 1. The van der Waals surface area contributed by atoms with Gasteiger partial charge in [-0.2, -0.15) is 16.9 Å². The molecule has 3 aromatic rings. The third-order valence-electron chi connectivity index (χ3n) is 5.92. The van der Waals surface area contributed by atoms with E-state index in [9.17, 15) is 13.6 Å². The molecule has 30 heavy (non-hydrogen) atoms. The number of anilines is 1. The quantitative estimate of drug-likeness (QED) is 0.677. The molecule has 5 rings (SSSR count). The second-order valence-electron chi connectivity index (χ2n) is 7.82. The van der Waals surface area contributed by atoms with E-state index in [-0.39, 0.29) is 18.0 Å². The minimum absolute atomic E-state index is 0.121. The fraction of sp³-hybridized carbons (Fsp3) is 0.364. The molecule has 1 aromatic carbocycles. The zero-order valence-electron chi connectivity index (χ0n) is 16.4. The second kappa shape index (κ2) is 7.91. The van der Waals surface area contributed by atoms with Crippen LogP contribution in [-0.4, -0.2) is 39.6 Å². The van der Waals surface area contributed by atoms with Gasteiger partial charge >= 0.3 is 0 Å². The van der Waals surface area contributed by atoms with Crippen molar-refractivity contribution in [3.05, 3.63) is 65.5 Å². The molecule has 4 heterocycles. The average Bonchev–Trinajstić information content (AvgIpc) is 3.49. The Morgan fingerprint density at radius 3 is 2.93 bits per heavy atom. The van der Waals surface area contributed by atoms with Crippen LogP contribution in [0.5, 0.6) is 0 Å². The number of hydrogen-bond acceptors (Lipinski definition) is 4. The van der Waals surface area contributed by atoms with Crippen molar-refractivity contribution in [2.75, 3.05) is 23.0 Å². The number of aromatic nitrogens is 2. The van der Waals surface area contributed by atoms with Gasteiger partial charge in [-0.25, -0.2) is 13.3 Å². The van der Waals surface area contributed by atoms with E-state index in [0.29, 0.717) is 16.6 Å². The molecular formula is C22H22F2N4OS. The maximum absolute atomic E-state index is 14.4. The number of carbonyl (C=O) groups excluding carboxylic acids is 1. The molecule has 0 bridgehead atoms. The minimum atomic E-state index is -0.437. The highest BCUT2D eigenvalue weighted by Gasteiger charge is 2.29. The fourth-order valence-electron chi connectivity index (χ4n) is 4.40. The summed E-state index contributed by atoms with van der Waals surface area (Å²) >= 11 is 1.84. The van der Waals surface area contributed by atoms with E-state index in [1.165, 1.54) is 12.1 Å². The Labute approximate surface area is 177 Å². The molecule has 2 unspecified atom stereocenters. The molecule has 2 saturated heterocycles. The zero-order valence-corrected chi connectivity index (χ0v) is 17.2. The maximum atomic E-state index is 14.4. The summed E-state index contributed by atoms with van der Waals surface area (Å²) in [6.45, 7) is 0.742. The Kier molecular flexibility index (Phi) is 5.10. The van der Waals surface area contributed by atoms with Gasteiger partial charge in [0.25, 0.3) is 5.91 Å². The third kappa shape index (κ3) is 3.53. The smallest absolute Gasteiger partial charge is 0.255 e. The van der Waals surface area contributed by atoms with Crippen molar-refractivity contribution in [3.63, 3.8) is 0 Å². The molecule has 2 aliphatic heterocycles. The van der Waals surface area contributed by atoms with Crippen LogP contribution in [-0.2, 0) is 0 Å². The van der Waals surface area contributed by atoms with Gasteiger partial charge in [-0.1, -0.05) is 0 Å². The van der Waals surface area contributed by atoms with Crippen LogP contribution < -0.4 is 10.2 Å². The highest BCUT2D eigenvalue weighted by molar-refractivity contribution is 7.99. The van der Waals surface area contributed by atoms with Crippen LogP contribution in [0.15, 0.2) is 42.7 Å². The average molecular weight is 429 g/mol. The number of nitrogens with one attached hydrogen (secondary N) is 1. The molecule has 0 spiro atoms. The standard InChI is InChI=1S/C22H22F2N4OS/c23-14-3-4-19(24)17(10-14)20-2-1-7-27(20)16-5-8-28-21(11-16)18(12-25-28)22(29)26-15-6-9-30-13-15/h3-5,8,10-12,15,20H,1-2,6-7,9,13H2,(H,26,29). The largest absolute Gasteiger partial charge is 0.364 e. The lowest BCUT2D eigenvalue weighted by Crippen LogP contribution is -2.34. The van der Waals surface area contributed by atoms with E-state index in [4.69, 9.17) is 0 Å². The Morgan fingerprint density at radius 1 is 1.20 bits per heavy atom. The van der Waals surface area contributed by atoms with E-state index < -0.39 is 11.6 Å². The Hall–Kier alpha value is -2.61. The van der Waals surface area contributed by atoms with Crippen molar-refractivity contribution in [1.82, 2.24) is 14.9 Å². The highest BCUT2D eigenvalue weighted by Crippen LogP contribution is 2.38. The van der Waals surface area contributed by atoms with Crippen molar-refractivity contribution >= 4 is 28.9 Å². The van der Waals surface area contributed by atoms with Gasteiger partial charge in [0.15, 0.2) is 0 Å². The summed E-state index contributed by atoms with van der Waals surface area (Å²) in [5.41, 5.74) is 2.49. The summed E-state index contributed by atoms with van der Waals surface area (Å²) in [4.78, 5) is 14.9. The van der Waals surface area contributed by atoms with Gasteiger partial charge in [-0.05, 0) is 55.3 Å². The summed E-state index contributed by atoms with van der Waals surface area (Å²) in [6, 6.07) is 7.40. The number of nitrogens with zero attached hydrogens (tertiary/aromatic N) is 3. The predicted molar refractivity (Wildman–Crippen MR) is 114 cm³/mol. The molecule has 0 aliphatic carbocycles. The van der Waals surface area contributed by atoms with E-state index in [0.717, 1.165) is 49.1 Å². The summed E-state index contributed by atoms with van der Waals surface area (Å²) in [5, 5.41) is 7.40. The minimum Gasteiger partial charge on any atom is -0.364 e. The summed E-state index contributed by atoms with van der Waals surface area (Å²) < 4.78 is 29.9. The third-order valence-corrected chi connectivity index (χ3v) is 7.08. The first-order valence-electron chi connectivity index (χ1n) is 10.2. The first-order valence-corrected chi connectivity index (χ1v) is 11.3. The molecule has 0 radical (unpaired) electrons. The highest BCUT2D eigenvalue weighted by atomic mass is 32.2. The van der Waals surface area contributed by atoms with Crippen molar-refractivity contribution in [3.8, 4) is 0 Å². The lowest BCUT2D eigenvalue weighted by molar-refractivity contribution is 0.0943. The molecule has 2 aromatic heterocycles. The van der Waals surface area contributed by atoms with Crippen molar-refractivity contribution in [2.24, 2.45) is 0 Å². The van der Waals surface area contributed by atoms with Crippen LogP contribution in [0, 0.1) is 11.6 Å². The number of rotatable bonds is 4. The second-order valence-corrected chi connectivity index (χ2v) is 8.97. The molecule has 0 saturated carbocycles.